The van der Waals surface area contributed by atoms with Crippen LogP contribution in [0.1, 0.15) is 17.3 Å². The summed E-state index contributed by atoms with van der Waals surface area (Å²) >= 11 is -0.195. The third-order valence-corrected chi connectivity index (χ3v) is 2.43. The average Bonchev–Trinajstić information content (AvgIpc) is 2.16. The molecule has 86 valence electrons. The van der Waals surface area contributed by atoms with Crippen LogP contribution < -0.4 is 0 Å². The van der Waals surface area contributed by atoms with Gasteiger partial charge >= 0.3 is 5.51 Å². The number of ketones is 1. The molecule has 0 bridgehead atoms. The predicted octanol–water partition coefficient (Wildman–Crippen LogP) is 4.06. The van der Waals surface area contributed by atoms with Crippen LogP contribution in [0, 0.1) is 0 Å². The molecule has 5 heteroatoms. The number of allylic oxidation sites excluding steroid dienone is 2. The highest BCUT2D eigenvalue weighted by Crippen LogP contribution is 2.36. The Labute approximate surface area is 95.3 Å². The molecule has 16 heavy (non-hydrogen) atoms. The lowest BCUT2D eigenvalue weighted by Gasteiger charge is -2.05. The largest absolute Gasteiger partial charge is 0.446 e. The lowest BCUT2D eigenvalue weighted by atomic mass is 10.1. The highest BCUT2D eigenvalue weighted by molar-refractivity contribution is 8.00. The molecule has 0 saturated heterocycles. The molecule has 0 spiro atoms. The van der Waals surface area contributed by atoms with Gasteiger partial charge in [0.2, 0.25) is 0 Å². The Morgan fingerprint density at radius 1 is 1.25 bits per heavy atom. The van der Waals surface area contributed by atoms with Gasteiger partial charge in [0.15, 0.2) is 5.78 Å². The van der Waals surface area contributed by atoms with E-state index >= 15 is 0 Å². The van der Waals surface area contributed by atoms with Gasteiger partial charge in [0, 0.05) is 10.5 Å². The number of rotatable bonds is 3. The zero-order chi connectivity index (χ0) is 12.2. The standard InChI is InChI=1S/C11H9F3OS/c1-2-3-10(15)8-4-6-9(7-5-8)16-11(12,13)14/h2-7H,1H3/b3-2+. The molecule has 0 fully saturated rings. The van der Waals surface area contributed by atoms with Crippen molar-refractivity contribution < 1.29 is 18.0 Å². The second-order valence-corrected chi connectivity index (χ2v) is 4.07. The first-order valence-corrected chi connectivity index (χ1v) is 5.27. The van der Waals surface area contributed by atoms with Crippen LogP contribution in [0.15, 0.2) is 41.3 Å². The summed E-state index contributed by atoms with van der Waals surface area (Å²) in [6.45, 7) is 1.70. The van der Waals surface area contributed by atoms with Gasteiger partial charge in [-0.25, -0.2) is 0 Å². The van der Waals surface area contributed by atoms with Crippen LogP contribution in [-0.4, -0.2) is 11.3 Å². The SMILES string of the molecule is C/C=C/C(=O)c1ccc(SC(F)(F)F)cc1. The second kappa shape index (κ2) is 5.21. The van der Waals surface area contributed by atoms with E-state index in [4.69, 9.17) is 0 Å². The maximum Gasteiger partial charge on any atom is 0.446 e. The third kappa shape index (κ3) is 4.10. The molecule has 0 amide bonds. The lowest BCUT2D eigenvalue weighted by molar-refractivity contribution is -0.0328. The smallest absolute Gasteiger partial charge is 0.289 e. The van der Waals surface area contributed by atoms with Crippen molar-refractivity contribution >= 4 is 17.5 Å². The second-order valence-electron chi connectivity index (χ2n) is 2.94. The first-order valence-electron chi connectivity index (χ1n) is 4.45. The van der Waals surface area contributed by atoms with Crippen molar-refractivity contribution in [1.82, 2.24) is 0 Å². The van der Waals surface area contributed by atoms with E-state index in [1.807, 2.05) is 0 Å². The first kappa shape index (κ1) is 12.8. The summed E-state index contributed by atoms with van der Waals surface area (Å²) in [6, 6.07) is 5.34. The summed E-state index contributed by atoms with van der Waals surface area (Å²) in [6.07, 6.45) is 2.95. The van der Waals surface area contributed by atoms with Crippen molar-refractivity contribution in [3.05, 3.63) is 42.0 Å². The molecule has 1 aromatic carbocycles. The van der Waals surface area contributed by atoms with Crippen molar-refractivity contribution in [1.29, 1.82) is 0 Å². The summed E-state index contributed by atoms with van der Waals surface area (Å²) in [5.74, 6) is -0.217. The molecular formula is C11H9F3OS. The Morgan fingerprint density at radius 2 is 1.81 bits per heavy atom. The molecule has 0 aliphatic heterocycles. The minimum absolute atomic E-state index is 0.0736. The average molecular weight is 246 g/mol. The van der Waals surface area contributed by atoms with Crippen molar-refractivity contribution in [2.75, 3.05) is 0 Å². The quantitative estimate of drug-likeness (QED) is 0.454. The molecule has 0 heterocycles. The van der Waals surface area contributed by atoms with Crippen molar-refractivity contribution in [3.8, 4) is 0 Å². The molecule has 0 unspecified atom stereocenters. The van der Waals surface area contributed by atoms with Gasteiger partial charge in [-0.15, -0.1) is 0 Å². The van der Waals surface area contributed by atoms with Crippen LogP contribution in [0.5, 0.6) is 0 Å². The van der Waals surface area contributed by atoms with Gasteiger partial charge in [0.25, 0.3) is 0 Å². The topological polar surface area (TPSA) is 17.1 Å². The monoisotopic (exact) mass is 246 g/mol. The number of hydrogen-bond acceptors (Lipinski definition) is 2. The number of thioether (sulfide) groups is 1. The molecule has 0 aliphatic carbocycles. The van der Waals surface area contributed by atoms with Crippen LogP contribution >= 0.6 is 11.8 Å². The van der Waals surface area contributed by atoms with Crippen LogP contribution in [0.2, 0.25) is 0 Å². The Balaban J connectivity index is 2.79. The first-order chi connectivity index (χ1) is 7.42. The molecule has 1 rings (SSSR count). The molecule has 0 N–H and O–H groups in total. The fraction of sp³-hybridized carbons (Fsp3) is 0.182. The minimum atomic E-state index is -4.30. The number of carbonyl (C=O) groups is 1. The van der Waals surface area contributed by atoms with E-state index in [1.165, 1.54) is 30.3 Å². The Hall–Kier alpha value is -1.23. The fourth-order valence-electron chi connectivity index (χ4n) is 1.07. The highest BCUT2D eigenvalue weighted by Gasteiger charge is 2.29. The van der Waals surface area contributed by atoms with Crippen LogP contribution in [0.25, 0.3) is 0 Å². The van der Waals surface area contributed by atoms with Gasteiger partial charge in [-0.05, 0) is 49.0 Å². The van der Waals surface area contributed by atoms with E-state index < -0.39 is 5.51 Å². The van der Waals surface area contributed by atoms with Crippen molar-refractivity contribution in [3.63, 3.8) is 0 Å². The number of alkyl halides is 3. The predicted molar refractivity (Wildman–Crippen MR) is 57.5 cm³/mol. The molecule has 0 atom stereocenters. The van der Waals surface area contributed by atoms with E-state index in [9.17, 15) is 18.0 Å². The van der Waals surface area contributed by atoms with Crippen molar-refractivity contribution in [2.45, 2.75) is 17.3 Å². The summed E-state index contributed by atoms with van der Waals surface area (Å²) in [4.78, 5) is 11.4. The molecule has 1 nitrogen and oxygen atoms in total. The van der Waals surface area contributed by atoms with E-state index in [1.54, 1.807) is 13.0 Å². The van der Waals surface area contributed by atoms with Crippen LogP contribution in [-0.2, 0) is 0 Å². The van der Waals surface area contributed by atoms with Crippen LogP contribution in [0.3, 0.4) is 0 Å². The minimum Gasteiger partial charge on any atom is -0.289 e. The van der Waals surface area contributed by atoms with Gasteiger partial charge in [0.1, 0.15) is 0 Å². The highest BCUT2D eigenvalue weighted by atomic mass is 32.2. The maximum atomic E-state index is 12.0. The Morgan fingerprint density at radius 3 is 2.25 bits per heavy atom. The zero-order valence-corrected chi connectivity index (χ0v) is 9.23. The summed E-state index contributed by atoms with van der Waals surface area (Å²) < 4.78 is 36.0. The summed E-state index contributed by atoms with van der Waals surface area (Å²) in [5, 5.41) is 0. The van der Waals surface area contributed by atoms with Crippen molar-refractivity contribution in [2.24, 2.45) is 0 Å². The van der Waals surface area contributed by atoms with Gasteiger partial charge in [-0.3, -0.25) is 4.79 Å². The number of benzene rings is 1. The normalized spacial score (nSPS) is 12.0. The van der Waals surface area contributed by atoms with Gasteiger partial charge < -0.3 is 0 Å². The zero-order valence-electron chi connectivity index (χ0n) is 8.41. The molecular weight excluding hydrogens is 237 g/mol. The van der Waals surface area contributed by atoms with E-state index in [2.05, 4.69) is 0 Å². The molecule has 0 aliphatic rings. The molecule has 0 aromatic heterocycles. The molecule has 0 saturated carbocycles. The number of carbonyl (C=O) groups excluding carboxylic acids is 1. The lowest BCUT2D eigenvalue weighted by Crippen LogP contribution is -1.99. The molecule has 0 radical (unpaired) electrons. The number of hydrogen-bond donors (Lipinski definition) is 0. The van der Waals surface area contributed by atoms with Gasteiger partial charge in [-0.2, -0.15) is 13.2 Å². The van der Waals surface area contributed by atoms with E-state index in [-0.39, 0.29) is 22.4 Å². The Bertz CT molecular complexity index is 393. The third-order valence-electron chi connectivity index (χ3n) is 1.69. The number of halogens is 3. The van der Waals surface area contributed by atoms with Gasteiger partial charge in [0.05, 0.1) is 0 Å². The van der Waals surface area contributed by atoms with E-state index in [0.717, 1.165) is 0 Å². The summed E-state index contributed by atoms with van der Waals surface area (Å²) in [7, 11) is 0. The maximum absolute atomic E-state index is 12.0. The molecule has 1 aromatic rings. The van der Waals surface area contributed by atoms with Crippen LogP contribution in [0.4, 0.5) is 13.2 Å². The fourth-order valence-corrected chi connectivity index (χ4v) is 1.61. The van der Waals surface area contributed by atoms with E-state index in [0.29, 0.717) is 5.56 Å². The Kier molecular flexibility index (Phi) is 4.18. The summed E-state index contributed by atoms with van der Waals surface area (Å²) in [5.41, 5.74) is -3.92. The van der Waals surface area contributed by atoms with Gasteiger partial charge in [-0.1, -0.05) is 6.08 Å².